The molecule has 6 nitrogen and oxygen atoms in total. The predicted molar refractivity (Wildman–Crippen MR) is 79.0 cm³/mol. The lowest BCUT2D eigenvalue weighted by Crippen LogP contribution is -2.38. The van der Waals surface area contributed by atoms with E-state index in [1.807, 2.05) is 0 Å². The third-order valence-corrected chi connectivity index (χ3v) is 5.17. The van der Waals surface area contributed by atoms with Gasteiger partial charge in [-0.05, 0) is 37.8 Å². The van der Waals surface area contributed by atoms with Gasteiger partial charge in [0, 0.05) is 31.5 Å². The van der Waals surface area contributed by atoms with Crippen molar-refractivity contribution in [1.29, 1.82) is 0 Å². The largest absolute Gasteiger partial charge is 0.366 e. The van der Waals surface area contributed by atoms with Crippen molar-refractivity contribution in [3.05, 3.63) is 18.0 Å². The molecule has 112 valence electrons. The number of aromatic nitrogens is 2. The van der Waals surface area contributed by atoms with E-state index in [9.17, 15) is 4.79 Å². The molecule has 6 heteroatoms. The molecule has 1 aromatic heterocycles. The Balaban J connectivity index is 1.37. The maximum absolute atomic E-state index is 11.0. The standard InChI is InChI=1S/C15H21N5O/c16-14(21)10-6-17-15(18-7-10)20-8-11-12(9-20)13(11)19-4-2-1-3-5-19/h6-7,11-13H,1-5,8-9H2,(H2,16,21). The predicted octanol–water partition coefficient (Wildman–Crippen LogP) is 0.496. The fraction of sp³-hybridized carbons (Fsp3) is 0.667. The Labute approximate surface area is 124 Å². The molecule has 0 radical (unpaired) electrons. The highest BCUT2D eigenvalue weighted by Gasteiger charge is 2.58. The van der Waals surface area contributed by atoms with Crippen molar-refractivity contribution in [2.24, 2.45) is 17.6 Å². The highest BCUT2D eigenvalue weighted by Crippen LogP contribution is 2.50. The molecule has 4 rings (SSSR count). The molecule has 1 aliphatic carbocycles. The summed E-state index contributed by atoms with van der Waals surface area (Å²) in [7, 11) is 0. The average molecular weight is 287 g/mol. The number of rotatable bonds is 3. The molecule has 1 amide bonds. The first-order valence-electron chi connectivity index (χ1n) is 7.85. The van der Waals surface area contributed by atoms with E-state index in [0.717, 1.165) is 36.9 Å². The van der Waals surface area contributed by atoms with Gasteiger partial charge in [-0.25, -0.2) is 9.97 Å². The van der Waals surface area contributed by atoms with E-state index in [1.165, 1.54) is 44.7 Å². The van der Waals surface area contributed by atoms with Crippen LogP contribution in [0.25, 0.3) is 0 Å². The minimum atomic E-state index is -0.476. The number of amides is 1. The number of hydrogen-bond donors (Lipinski definition) is 1. The van der Waals surface area contributed by atoms with Crippen LogP contribution >= 0.6 is 0 Å². The number of fused-ring (bicyclic) bond motifs is 1. The van der Waals surface area contributed by atoms with Crippen LogP contribution in [-0.4, -0.2) is 53.0 Å². The third-order valence-electron chi connectivity index (χ3n) is 5.17. The van der Waals surface area contributed by atoms with Gasteiger partial charge in [-0.2, -0.15) is 0 Å². The Bertz CT molecular complexity index is 527. The third kappa shape index (κ3) is 2.27. The molecule has 1 aromatic rings. The van der Waals surface area contributed by atoms with E-state index in [0.29, 0.717) is 5.56 Å². The van der Waals surface area contributed by atoms with E-state index in [2.05, 4.69) is 19.8 Å². The van der Waals surface area contributed by atoms with Crippen molar-refractivity contribution in [3.8, 4) is 0 Å². The molecule has 21 heavy (non-hydrogen) atoms. The lowest BCUT2D eigenvalue weighted by molar-refractivity contribution is 0.0999. The van der Waals surface area contributed by atoms with Gasteiger partial charge in [0.25, 0.3) is 5.91 Å². The Morgan fingerprint density at radius 3 is 2.29 bits per heavy atom. The van der Waals surface area contributed by atoms with Crippen LogP contribution in [0.4, 0.5) is 5.95 Å². The number of nitrogens with two attached hydrogens (primary N) is 1. The summed E-state index contributed by atoms with van der Waals surface area (Å²) in [5, 5.41) is 0. The monoisotopic (exact) mass is 287 g/mol. The topological polar surface area (TPSA) is 75.4 Å². The smallest absolute Gasteiger partial charge is 0.251 e. The van der Waals surface area contributed by atoms with Gasteiger partial charge < -0.3 is 10.6 Å². The van der Waals surface area contributed by atoms with Crippen LogP contribution in [0.1, 0.15) is 29.6 Å². The molecule has 0 aromatic carbocycles. The van der Waals surface area contributed by atoms with Crippen LogP contribution in [0.5, 0.6) is 0 Å². The van der Waals surface area contributed by atoms with Crippen LogP contribution in [0, 0.1) is 11.8 Å². The number of carbonyl (C=O) groups is 1. The molecular formula is C15H21N5O. The molecule has 2 N–H and O–H groups in total. The Morgan fingerprint density at radius 2 is 1.71 bits per heavy atom. The summed E-state index contributed by atoms with van der Waals surface area (Å²) < 4.78 is 0. The molecule has 2 aliphatic heterocycles. The van der Waals surface area contributed by atoms with Crippen LogP contribution in [0.2, 0.25) is 0 Å². The summed E-state index contributed by atoms with van der Waals surface area (Å²) >= 11 is 0. The second kappa shape index (κ2) is 4.94. The van der Waals surface area contributed by atoms with Gasteiger partial charge in [0.2, 0.25) is 5.95 Å². The Morgan fingerprint density at radius 1 is 1.10 bits per heavy atom. The van der Waals surface area contributed by atoms with Crippen molar-refractivity contribution in [3.63, 3.8) is 0 Å². The second-order valence-corrected chi connectivity index (χ2v) is 6.46. The number of carbonyl (C=O) groups excluding carboxylic acids is 1. The van der Waals surface area contributed by atoms with Gasteiger partial charge >= 0.3 is 0 Å². The molecule has 3 heterocycles. The van der Waals surface area contributed by atoms with Crippen molar-refractivity contribution >= 4 is 11.9 Å². The van der Waals surface area contributed by atoms with Crippen LogP contribution < -0.4 is 10.6 Å². The quantitative estimate of drug-likeness (QED) is 0.876. The first-order valence-corrected chi connectivity index (χ1v) is 7.85. The highest BCUT2D eigenvalue weighted by molar-refractivity contribution is 5.92. The second-order valence-electron chi connectivity index (χ2n) is 6.46. The molecule has 2 unspecified atom stereocenters. The first kappa shape index (κ1) is 13.0. The molecule has 3 aliphatic rings. The SMILES string of the molecule is NC(=O)c1cnc(N2CC3C(C2)C3N2CCCCC2)nc1. The molecule has 0 spiro atoms. The molecule has 3 fully saturated rings. The summed E-state index contributed by atoms with van der Waals surface area (Å²) in [6.45, 7) is 4.65. The van der Waals surface area contributed by atoms with Crippen LogP contribution in [0.3, 0.4) is 0 Å². The first-order chi connectivity index (χ1) is 10.2. The molecule has 2 saturated heterocycles. The molecule has 1 saturated carbocycles. The van der Waals surface area contributed by atoms with Crippen molar-refractivity contribution in [2.45, 2.75) is 25.3 Å². The molecule has 2 atom stereocenters. The van der Waals surface area contributed by atoms with E-state index in [1.54, 1.807) is 0 Å². The number of primary amides is 1. The fourth-order valence-corrected chi connectivity index (χ4v) is 4.03. The maximum Gasteiger partial charge on any atom is 0.251 e. The van der Waals surface area contributed by atoms with Gasteiger partial charge in [-0.3, -0.25) is 9.69 Å². The summed E-state index contributed by atoms with van der Waals surface area (Å²) in [5.41, 5.74) is 5.58. The number of piperidine rings is 2. The summed E-state index contributed by atoms with van der Waals surface area (Å²) in [5.74, 6) is 1.81. The van der Waals surface area contributed by atoms with E-state index >= 15 is 0 Å². The van der Waals surface area contributed by atoms with Gasteiger partial charge in [0.1, 0.15) is 0 Å². The van der Waals surface area contributed by atoms with E-state index < -0.39 is 5.91 Å². The van der Waals surface area contributed by atoms with Crippen molar-refractivity contribution in [2.75, 3.05) is 31.1 Å². The van der Waals surface area contributed by atoms with Gasteiger partial charge in [0.05, 0.1) is 5.56 Å². The number of hydrogen-bond acceptors (Lipinski definition) is 5. The van der Waals surface area contributed by atoms with Crippen molar-refractivity contribution in [1.82, 2.24) is 14.9 Å². The van der Waals surface area contributed by atoms with Crippen molar-refractivity contribution < 1.29 is 4.79 Å². The summed E-state index contributed by atoms with van der Waals surface area (Å²) in [6, 6.07) is 0.798. The van der Waals surface area contributed by atoms with Crippen LogP contribution in [-0.2, 0) is 0 Å². The molecular weight excluding hydrogens is 266 g/mol. The summed E-state index contributed by atoms with van der Waals surface area (Å²) in [4.78, 5) is 24.5. The minimum absolute atomic E-state index is 0.370. The van der Waals surface area contributed by atoms with E-state index in [4.69, 9.17) is 5.73 Å². The number of nitrogens with zero attached hydrogens (tertiary/aromatic N) is 4. The average Bonchev–Trinajstić information content (AvgIpc) is 3.02. The zero-order chi connectivity index (χ0) is 14.4. The number of likely N-dealkylation sites (tertiary alicyclic amines) is 1. The number of anilines is 1. The van der Waals surface area contributed by atoms with Gasteiger partial charge in [-0.15, -0.1) is 0 Å². The summed E-state index contributed by atoms with van der Waals surface area (Å²) in [6.07, 6.45) is 7.16. The minimum Gasteiger partial charge on any atom is -0.366 e. The lowest BCUT2D eigenvalue weighted by Gasteiger charge is -2.30. The van der Waals surface area contributed by atoms with Gasteiger partial charge in [-0.1, -0.05) is 6.42 Å². The zero-order valence-electron chi connectivity index (χ0n) is 12.1. The lowest BCUT2D eigenvalue weighted by atomic mass is 10.1. The fourth-order valence-electron chi connectivity index (χ4n) is 4.03. The maximum atomic E-state index is 11.0. The zero-order valence-corrected chi connectivity index (χ0v) is 12.1. The highest BCUT2D eigenvalue weighted by atomic mass is 16.1. The van der Waals surface area contributed by atoms with Gasteiger partial charge in [0.15, 0.2) is 0 Å². The Kier molecular flexibility index (Phi) is 3.06. The van der Waals surface area contributed by atoms with Crippen LogP contribution in [0.15, 0.2) is 12.4 Å². The normalized spacial score (nSPS) is 32.0. The van der Waals surface area contributed by atoms with E-state index in [-0.39, 0.29) is 0 Å². The molecule has 0 bridgehead atoms. The Hall–Kier alpha value is -1.69.